The first-order valence-corrected chi connectivity index (χ1v) is 9.49. The van der Waals surface area contributed by atoms with Gasteiger partial charge < -0.3 is 10.2 Å². The predicted molar refractivity (Wildman–Crippen MR) is 92.8 cm³/mol. The zero-order chi connectivity index (χ0) is 13.9. The fourth-order valence-electron chi connectivity index (χ4n) is 2.73. The van der Waals surface area contributed by atoms with Crippen LogP contribution in [-0.2, 0) is 6.54 Å². The molecule has 1 aliphatic heterocycles. The zero-order valence-electron chi connectivity index (χ0n) is 12.1. The molecule has 1 aromatic carbocycles. The van der Waals surface area contributed by atoms with Crippen molar-refractivity contribution in [1.29, 1.82) is 0 Å². The Hall–Kier alpha value is -0.190. The van der Waals surface area contributed by atoms with Crippen molar-refractivity contribution in [3.8, 4) is 0 Å². The number of anilines is 1. The molecule has 2 nitrogen and oxygen atoms in total. The van der Waals surface area contributed by atoms with E-state index in [1.54, 1.807) is 0 Å². The highest BCUT2D eigenvalue weighted by atomic mass is 79.9. The molecule has 0 bridgehead atoms. The van der Waals surface area contributed by atoms with Gasteiger partial charge in [-0.3, -0.25) is 0 Å². The minimum absolute atomic E-state index is 0.766. The van der Waals surface area contributed by atoms with Gasteiger partial charge in [0.15, 0.2) is 0 Å². The first-order chi connectivity index (χ1) is 9.76. The summed E-state index contributed by atoms with van der Waals surface area (Å²) in [7, 11) is 0. The lowest BCUT2D eigenvalue weighted by Crippen LogP contribution is -2.38. The van der Waals surface area contributed by atoms with E-state index in [1.165, 1.54) is 53.8 Å². The normalized spacial score (nSPS) is 23.1. The highest BCUT2D eigenvalue weighted by Crippen LogP contribution is 2.30. The number of nitrogens with one attached hydrogen (secondary N) is 1. The van der Waals surface area contributed by atoms with Gasteiger partial charge in [-0.2, -0.15) is 11.8 Å². The van der Waals surface area contributed by atoms with Crippen molar-refractivity contribution in [2.45, 2.75) is 44.0 Å². The molecule has 1 aliphatic carbocycles. The first kappa shape index (κ1) is 14.7. The fourth-order valence-corrected chi connectivity index (χ4v) is 4.32. The largest absolute Gasteiger partial charge is 0.369 e. The lowest BCUT2D eigenvalue weighted by atomic mass is 10.1. The number of rotatable bonds is 5. The SMILES string of the molecule is CCC1CN(c2ccc(Br)cc2CNC2CC2)CCS1. The Labute approximate surface area is 134 Å². The van der Waals surface area contributed by atoms with Crippen LogP contribution in [0.3, 0.4) is 0 Å². The van der Waals surface area contributed by atoms with E-state index >= 15 is 0 Å². The third kappa shape index (κ3) is 3.71. The van der Waals surface area contributed by atoms with Crippen molar-refractivity contribution < 1.29 is 0 Å². The molecule has 0 radical (unpaired) electrons. The number of hydrogen-bond donors (Lipinski definition) is 1. The predicted octanol–water partition coefficient (Wildman–Crippen LogP) is 4.03. The van der Waals surface area contributed by atoms with E-state index in [-0.39, 0.29) is 0 Å². The third-order valence-electron chi connectivity index (χ3n) is 4.13. The van der Waals surface area contributed by atoms with Gasteiger partial charge in [-0.15, -0.1) is 0 Å². The molecule has 1 aromatic rings. The highest BCUT2D eigenvalue weighted by molar-refractivity contribution is 9.10. The van der Waals surface area contributed by atoms with Gasteiger partial charge in [0.2, 0.25) is 0 Å². The number of halogens is 1. The van der Waals surface area contributed by atoms with Crippen LogP contribution in [0.15, 0.2) is 22.7 Å². The van der Waals surface area contributed by atoms with Crippen LogP contribution < -0.4 is 10.2 Å². The van der Waals surface area contributed by atoms with E-state index in [4.69, 9.17) is 0 Å². The van der Waals surface area contributed by atoms with Crippen molar-refractivity contribution in [3.05, 3.63) is 28.2 Å². The van der Waals surface area contributed by atoms with Crippen LogP contribution in [0.25, 0.3) is 0 Å². The Morgan fingerprint density at radius 1 is 1.40 bits per heavy atom. The highest BCUT2D eigenvalue weighted by Gasteiger charge is 2.23. The number of nitrogens with zero attached hydrogens (tertiary/aromatic N) is 1. The maximum Gasteiger partial charge on any atom is 0.0413 e. The van der Waals surface area contributed by atoms with Gasteiger partial charge in [0, 0.05) is 46.8 Å². The molecule has 1 unspecified atom stereocenters. The summed E-state index contributed by atoms with van der Waals surface area (Å²) in [5, 5.41) is 4.44. The standard InChI is InChI=1S/C16H23BrN2S/c1-2-15-11-19(7-8-20-15)16-6-3-13(17)9-12(16)10-18-14-4-5-14/h3,6,9,14-15,18H,2,4-5,7-8,10-11H2,1H3. The van der Waals surface area contributed by atoms with Crippen LogP contribution in [0.4, 0.5) is 5.69 Å². The molecular weight excluding hydrogens is 332 g/mol. The van der Waals surface area contributed by atoms with Gasteiger partial charge in [0.25, 0.3) is 0 Å². The fraction of sp³-hybridized carbons (Fsp3) is 0.625. The molecule has 110 valence electrons. The molecule has 3 rings (SSSR count). The lowest BCUT2D eigenvalue weighted by Gasteiger charge is -2.35. The second-order valence-electron chi connectivity index (χ2n) is 5.78. The Morgan fingerprint density at radius 3 is 3.00 bits per heavy atom. The Morgan fingerprint density at radius 2 is 2.25 bits per heavy atom. The second kappa shape index (κ2) is 6.71. The topological polar surface area (TPSA) is 15.3 Å². The molecule has 1 atom stereocenters. The van der Waals surface area contributed by atoms with Crippen LogP contribution in [0.2, 0.25) is 0 Å². The molecule has 2 fully saturated rings. The number of thioether (sulfide) groups is 1. The summed E-state index contributed by atoms with van der Waals surface area (Å²) in [6.07, 6.45) is 3.97. The molecular formula is C16H23BrN2S. The number of benzene rings is 1. The van der Waals surface area contributed by atoms with Gasteiger partial charge in [-0.25, -0.2) is 0 Å². The molecule has 0 aromatic heterocycles. The minimum Gasteiger partial charge on any atom is -0.369 e. The van der Waals surface area contributed by atoms with E-state index in [2.05, 4.69) is 63.0 Å². The molecule has 20 heavy (non-hydrogen) atoms. The molecule has 1 N–H and O–H groups in total. The molecule has 0 amide bonds. The summed E-state index contributed by atoms with van der Waals surface area (Å²) in [6, 6.07) is 7.52. The summed E-state index contributed by atoms with van der Waals surface area (Å²) in [5.41, 5.74) is 2.87. The lowest BCUT2D eigenvalue weighted by molar-refractivity contribution is 0.677. The van der Waals surface area contributed by atoms with Gasteiger partial charge in [0.05, 0.1) is 0 Å². The van der Waals surface area contributed by atoms with Crippen LogP contribution in [0.1, 0.15) is 31.7 Å². The smallest absolute Gasteiger partial charge is 0.0413 e. The summed E-state index contributed by atoms with van der Waals surface area (Å²) in [6.45, 7) is 5.68. The molecule has 1 heterocycles. The van der Waals surface area contributed by atoms with E-state index in [9.17, 15) is 0 Å². The van der Waals surface area contributed by atoms with E-state index in [1.807, 2.05) is 0 Å². The Kier molecular flexibility index (Phi) is 4.95. The summed E-state index contributed by atoms with van der Waals surface area (Å²) < 4.78 is 1.19. The second-order valence-corrected chi connectivity index (χ2v) is 8.10. The minimum atomic E-state index is 0.766. The molecule has 1 saturated carbocycles. The average molecular weight is 355 g/mol. The van der Waals surface area contributed by atoms with E-state index in [0.29, 0.717) is 0 Å². The van der Waals surface area contributed by atoms with Crippen LogP contribution in [-0.4, -0.2) is 30.1 Å². The molecule has 0 spiro atoms. The van der Waals surface area contributed by atoms with Crippen molar-refractivity contribution >= 4 is 33.4 Å². The van der Waals surface area contributed by atoms with Crippen LogP contribution in [0.5, 0.6) is 0 Å². The Bertz CT molecular complexity index is 462. The van der Waals surface area contributed by atoms with E-state index in [0.717, 1.165) is 17.8 Å². The van der Waals surface area contributed by atoms with Crippen molar-refractivity contribution in [2.75, 3.05) is 23.7 Å². The average Bonchev–Trinajstić information content (AvgIpc) is 3.29. The Balaban J connectivity index is 1.75. The first-order valence-electron chi connectivity index (χ1n) is 7.64. The van der Waals surface area contributed by atoms with Gasteiger partial charge in [0.1, 0.15) is 0 Å². The van der Waals surface area contributed by atoms with Crippen LogP contribution >= 0.6 is 27.7 Å². The van der Waals surface area contributed by atoms with Crippen LogP contribution in [0, 0.1) is 0 Å². The summed E-state index contributed by atoms with van der Waals surface area (Å²) in [4.78, 5) is 2.58. The van der Waals surface area contributed by atoms with Gasteiger partial charge in [-0.1, -0.05) is 22.9 Å². The summed E-state index contributed by atoms with van der Waals surface area (Å²) in [5.74, 6) is 1.25. The molecule has 1 saturated heterocycles. The number of hydrogen-bond acceptors (Lipinski definition) is 3. The maximum atomic E-state index is 3.65. The third-order valence-corrected chi connectivity index (χ3v) is 6.00. The zero-order valence-corrected chi connectivity index (χ0v) is 14.5. The van der Waals surface area contributed by atoms with Gasteiger partial charge in [-0.05, 0) is 43.0 Å². The van der Waals surface area contributed by atoms with Crippen molar-refractivity contribution in [1.82, 2.24) is 5.32 Å². The molecule has 2 aliphatic rings. The van der Waals surface area contributed by atoms with E-state index < -0.39 is 0 Å². The van der Waals surface area contributed by atoms with Crippen molar-refractivity contribution in [2.24, 2.45) is 0 Å². The quantitative estimate of drug-likeness (QED) is 0.858. The monoisotopic (exact) mass is 354 g/mol. The maximum absolute atomic E-state index is 3.65. The summed E-state index contributed by atoms with van der Waals surface area (Å²) >= 11 is 5.75. The molecule has 4 heteroatoms. The van der Waals surface area contributed by atoms with Crippen molar-refractivity contribution in [3.63, 3.8) is 0 Å². The van der Waals surface area contributed by atoms with Gasteiger partial charge >= 0.3 is 0 Å².